The van der Waals surface area contributed by atoms with Crippen molar-refractivity contribution in [3.8, 4) is 0 Å². The fourth-order valence-corrected chi connectivity index (χ4v) is 2.63. The Kier molecular flexibility index (Phi) is 4.93. The van der Waals surface area contributed by atoms with Gasteiger partial charge in [0.2, 0.25) is 0 Å². The molecule has 1 amide bonds. The molecule has 0 heterocycles. The number of amides is 1. The quantitative estimate of drug-likeness (QED) is 0.902. The minimum atomic E-state index is -0.406. The van der Waals surface area contributed by atoms with Gasteiger partial charge in [0, 0.05) is 4.47 Å². The summed E-state index contributed by atoms with van der Waals surface area (Å²) in [6, 6.07) is 14.6. The maximum Gasteiger partial charge on any atom is 0.252 e. The van der Waals surface area contributed by atoms with E-state index in [-0.39, 0.29) is 12.5 Å². The number of nitrogens with one attached hydrogen (secondary N) is 1. The number of benzene rings is 2. The van der Waals surface area contributed by atoms with Gasteiger partial charge in [0.25, 0.3) is 5.91 Å². The molecule has 1 atom stereocenters. The predicted molar refractivity (Wildman–Crippen MR) is 82.6 cm³/mol. The molecular formula is C16H16BrNO2. The van der Waals surface area contributed by atoms with Crippen LogP contribution < -0.4 is 5.32 Å². The van der Waals surface area contributed by atoms with Crippen LogP contribution in [0.5, 0.6) is 0 Å². The number of rotatable bonds is 4. The van der Waals surface area contributed by atoms with Gasteiger partial charge in [-0.3, -0.25) is 4.79 Å². The van der Waals surface area contributed by atoms with E-state index in [1.807, 2.05) is 49.4 Å². The van der Waals surface area contributed by atoms with Gasteiger partial charge in [0.15, 0.2) is 0 Å². The van der Waals surface area contributed by atoms with Gasteiger partial charge in [-0.15, -0.1) is 0 Å². The third-order valence-corrected chi connectivity index (χ3v) is 3.72. The number of aliphatic hydroxyl groups is 1. The number of halogens is 1. The molecule has 0 spiro atoms. The summed E-state index contributed by atoms with van der Waals surface area (Å²) in [4.78, 5) is 12.3. The molecule has 0 saturated carbocycles. The lowest BCUT2D eigenvalue weighted by Gasteiger charge is -2.17. The highest BCUT2D eigenvalue weighted by Gasteiger charge is 2.16. The van der Waals surface area contributed by atoms with E-state index >= 15 is 0 Å². The van der Waals surface area contributed by atoms with Gasteiger partial charge in [0.1, 0.15) is 0 Å². The van der Waals surface area contributed by atoms with Crippen LogP contribution in [0.3, 0.4) is 0 Å². The average Bonchev–Trinajstić information content (AvgIpc) is 2.45. The monoisotopic (exact) mass is 333 g/mol. The Hall–Kier alpha value is -1.65. The van der Waals surface area contributed by atoms with Crippen LogP contribution in [0.4, 0.5) is 0 Å². The highest BCUT2D eigenvalue weighted by Crippen LogP contribution is 2.20. The second kappa shape index (κ2) is 6.68. The van der Waals surface area contributed by atoms with E-state index in [0.717, 1.165) is 15.6 Å². The van der Waals surface area contributed by atoms with Crippen molar-refractivity contribution in [3.05, 3.63) is 69.7 Å². The molecule has 2 aromatic rings. The predicted octanol–water partition coefficient (Wildman–Crippen LogP) is 3.22. The zero-order valence-corrected chi connectivity index (χ0v) is 12.7. The molecule has 4 heteroatoms. The first kappa shape index (κ1) is 14.8. The largest absolute Gasteiger partial charge is 0.394 e. The minimum Gasteiger partial charge on any atom is -0.394 e. The molecule has 0 bridgehead atoms. The van der Waals surface area contributed by atoms with Crippen LogP contribution in [0.15, 0.2) is 53.0 Å². The number of carbonyl (C=O) groups excluding carboxylic acids is 1. The van der Waals surface area contributed by atoms with Crippen LogP contribution in [0.1, 0.15) is 27.5 Å². The number of carbonyl (C=O) groups is 1. The lowest BCUT2D eigenvalue weighted by Crippen LogP contribution is -2.31. The van der Waals surface area contributed by atoms with E-state index in [1.54, 1.807) is 6.07 Å². The summed E-state index contributed by atoms with van der Waals surface area (Å²) in [5, 5.41) is 12.3. The standard InChI is InChI=1S/C16H16BrNO2/c1-11-7-8-13(14(17)9-11)16(20)18-15(10-19)12-5-3-2-4-6-12/h2-9,15,19H,10H2,1H3,(H,18,20)/t15-/m1/s1. The van der Waals surface area contributed by atoms with Gasteiger partial charge in [0.05, 0.1) is 18.2 Å². The van der Waals surface area contributed by atoms with Crippen LogP contribution in [-0.4, -0.2) is 17.6 Å². The Morgan fingerprint density at radius 2 is 1.95 bits per heavy atom. The van der Waals surface area contributed by atoms with E-state index in [4.69, 9.17) is 0 Å². The maximum absolute atomic E-state index is 12.3. The molecule has 20 heavy (non-hydrogen) atoms. The molecule has 0 aliphatic heterocycles. The van der Waals surface area contributed by atoms with Crippen molar-refractivity contribution in [1.82, 2.24) is 5.32 Å². The summed E-state index contributed by atoms with van der Waals surface area (Å²) < 4.78 is 0.750. The van der Waals surface area contributed by atoms with E-state index in [2.05, 4.69) is 21.2 Å². The normalized spacial score (nSPS) is 11.9. The Morgan fingerprint density at radius 1 is 1.25 bits per heavy atom. The SMILES string of the molecule is Cc1ccc(C(=O)N[C@H](CO)c2ccccc2)c(Br)c1. The molecule has 0 unspecified atom stereocenters. The number of hydrogen-bond donors (Lipinski definition) is 2. The van der Waals surface area contributed by atoms with Gasteiger partial charge in [-0.2, -0.15) is 0 Å². The van der Waals surface area contributed by atoms with Crippen molar-refractivity contribution >= 4 is 21.8 Å². The molecule has 0 fully saturated rings. The smallest absolute Gasteiger partial charge is 0.252 e. The average molecular weight is 334 g/mol. The first-order valence-electron chi connectivity index (χ1n) is 6.34. The highest BCUT2D eigenvalue weighted by atomic mass is 79.9. The molecule has 0 aliphatic carbocycles. The van der Waals surface area contributed by atoms with Crippen LogP contribution in [-0.2, 0) is 0 Å². The molecule has 3 nitrogen and oxygen atoms in total. The fourth-order valence-electron chi connectivity index (χ4n) is 1.96. The maximum atomic E-state index is 12.3. The van der Waals surface area contributed by atoms with Crippen molar-refractivity contribution in [1.29, 1.82) is 0 Å². The molecule has 0 saturated heterocycles. The fraction of sp³-hybridized carbons (Fsp3) is 0.188. The van der Waals surface area contributed by atoms with Gasteiger partial charge in [-0.25, -0.2) is 0 Å². The Labute approximate surface area is 126 Å². The third kappa shape index (κ3) is 3.46. The van der Waals surface area contributed by atoms with E-state index in [9.17, 15) is 9.90 Å². The summed E-state index contributed by atoms with van der Waals surface area (Å²) in [6.07, 6.45) is 0. The van der Waals surface area contributed by atoms with Gasteiger partial charge >= 0.3 is 0 Å². The second-order valence-corrected chi connectivity index (χ2v) is 5.46. The van der Waals surface area contributed by atoms with Gasteiger partial charge in [-0.1, -0.05) is 36.4 Å². The van der Waals surface area contributed by atoms with E-state index in [1.165, 1.54) is 0 Å². The molecule has 2 aromatic carbocycles. The summed E-state index contributed by atoms with van der Waals surface area (Å²) >= 11 is 3.39. The topological polar surface area (TPSA) is 49.3 Å². The van der Waals surface area contributed by atoms with Crippen molar-refractivity contribution in [3.63, 3.8) is 0 Å². The highest BCUT2D eigenvalue weighted by molar-refractivity contribution is 9.10. The molecule has 2 N–H and O–H groups in total. The number of aryl methyl sites for hydroxylation is 1. The summed E-state index contributed by atoms with van der Waals surface area (Å²) in [5.74, 6) is -0.209. The van der Waals surface area contributed by atoms with Crippen molar-refractivity contribution in [2.75, 3.05) is 6.61 Å². The van der Waals surface area contributed by atoms with Crippen molar-refractivity contribution in [2.24, 2.45) is 0 Å². The summed E-state index contributed by atoms with van der Waals surface area (Å²) in [5.41, 5.74) is 2.52. The lowest BCUT2D eigenvalue weighted by molar-refractivity contribution is 0.0915. The van der Waals surface area contributed by atoms with Crippen LogP contribution >= 0.6 is 15.9 Å². The van der Waals surface area contributed by atoms with Crippen molar-refractivity contribution in [2.45, 2.75) is 13.0 Å². The van der Waals surface area contributed by atoms with Crippen LogP contribution in [0, 0.1) is 6.92 Å². The van der Waals surface area contributed by atoms with Crippen molar-refractivity contribution < 1.29 is 9.90 Å². The molecule has 0 aliphatic rings. The molecule has 2 rings (SSSR count). The number of aliphatic hydroxyl groups excluding tert-OH is 1. The first-order valence-corrected chi connectivity index (χ1v) is 7.14. The summed E-state index contributed by atoms with van der Waals surface area (Å²) in [6.45, 7) is 1.83. The van der Waals surface area contributed by atoms with Crippen LogP contribution in [0.2, 0.25) is 0 Å². The molecular weight excluding hydrogens is 318 g/mol. The Bertz CT molecular complexity index is 599. The zero-order chi connectivity index (χ0) is 14.5. The first-order chi connectivity index (χ1) is 9.61. The zero-order valence-electron chi connectivity index (χ0n) is 11.1. The van der Waals surface area contributed by atoms with Crippen LogP contribution in [0.25, 0.3) is 0 Å². The van der Waals surface area contributed by atoms with Gasteiger partial charge < -0.3 is 10.4 Å². The second-order valence-electron chi connectivity index (χ2n) is 4.60. The Balaban J connectivity index is 2.17. The number of hydrogen-bond acceptors (Lipinski definition) is 2. The molecule has 0 radical (unpaired) electrons. The van der Waals surface area contributed by atoms with Gasteiger partial charge in [-0.05, 0) is 46.1 Å². The van der Waals surface area contributed by atoms with E-state index < -0.39 is 6.04 Å². The lowest BCUT2D eigenvalue weighted by atomic mass is 10.1. The summed E-state index contributed by atoms with van der Waals surface area (Å²) in [7, 11) is 0. The molecule has 104 valence electrons. The minimum absolute atomic E-state index is 0.140. The Morgan fingerprint density at radius 3 is 2.55 bits per heavy atom. The third-order valence-electron chi connectivity index (χ3n) is 3.06. The van der Waals surface area contributed by atoms with E-state index in [0.29, 0.717) is 5.56 Å². The molecule has 0 aromatic heterocycles.